The number of likely N-dealkylation sites (tertiary alicyclic amines) is 1. The van der Waals surface area contributed by atoms with E-state index in [0.717, 1.165) is 0 Å². The number of rotatable bonds is 3. The number of methoxy groups -OCH3 is 1. The third kappa shape index (κ3) is 2.01. The Morgan fingerprint density at radius 1 is 1.56 bits per heavy atom. The van der Waals surface area contributed by atoms with E-state index in [1.54, 1.807) is 23.1 Å². The predicted octanol–water partition coefficient (Wildman–Crippen LogP) is 0.874. The molecule has 1 saturated heterocycles. The molecule has 0 aromatic heterocycles. The number of amides is 1. The van der Waals surface area contributed by atoms with Gasteiger partial charge in [0.2, 0.25) is 0 Å². The van der Waals surface area contributed by atoms with Crippen LogP contribution in [0.4, 0.5) is 5.69 Å². The van der Waals surface area contributed by atoms with Gasteiger partial charge in [0.15, 0.2) is 5.75 Å². The molecule has 0 saturated carbocycles. The van der Waals surface area contributed by atoms with Crippen LogP contribution in [0.2, 0.25) is 0 Å². The molecule has 1 aliphatic rings. The van der Waals surface area contributed by atoms with Crippen LogP contribution in [0.1, 0.15) is 23.7 Å². The summed E-state index contributed by atoms with van der Waals surface area (Å²) in [5, 5.41) is 9.92. The van der Waals surface area contributed by atoms with Crippen molar-refractivity contribution in [2.24, 2.45) is 0 Å². The van der Waals surface area contributed by atoms with Crippen LogP contribution >= 0.6 is 0 Å². The van der Waals surface area contributed by atoms with E-state index in [1.165, 1.54) is 7.11 Å². The van der Waals surface area contributed by atoms with E-state index < -0.39 is 5.60 Å². The first-order valence-electron chi connectivity index (χ1n) is 5.95. The normalized spacial score (nSPS) is 17.2. The number of nitrogens with two attached hydrogens (primary N) is 1. The Hall–Kier alpha value is -1.75. The van der Waals surface area contributed by atoms with Crippen molar-refractivity contribution < 1.29 is 14.6 Å². The Balaban J connectivity index is 2.19. The quantitative estimate of drug-likeness (QED) is 0.781. The first-order chi connectivity index (χ1) is 8.50. The molecule has 3 N–H and O–H groups in total. The van der Waals surface area contributed by atoms with Gasteiger partial charge in [-0.3, -0.25) is 4.79 Å². The van der Waals surface area contributed by atoms with Crippen LogP contribution in [0.15, 0.2) is 18.2 Å². The van der Waals surface area contributed by atoms with Crippen molar-refractivity contribution in [2.45, 2.75) is 18.9 Å². The first kappa shape index (κ1) is 12.7. The van der Waals surface area contributed by atoms with Gasteiger partial charge in [0.25, 0.3) is 5.91 Å². The average Bonchev–Trinajstić information content (AvgIpc) is 2.33. The third-order valence-electron chi connectivity index (χ3n) is 3.40. The second-order valence-corrected chi connectivity index (χ2v) is 4.67. The van der Waals surface area contributed by atoms with Gasteiger partial charge in [-0.2, -0.15) is 0 Å². The topological polar surface area (TPSA) is 75.8 Å². The molecule has 1 heterocycles. The van der Waals surface area contributed by atoms with Gasteiger partial charge < -0.3 is 20.5 Å². The molecule has 5 nitrogen and oxygen atoms in total. The molecule has 1 aliphatic heterocycles. The molecule has 1 aromatic carbocycles. The standard InChI is InChI=1S/C13H18N2O3/c1-3-13(17)7-15(8-13)12(16)9-5-4-6-10(14)11(9)18-2/h4-6,17H,3,7-8,14H2,1-2H3. The molecule has 0 atom stereocenters. The number of nitrogen functional groups attached to an aromatic ring is 1. The summed E-state index contributed by atoms with van der Waals surface area (Å²) in [4.78, 5) is 13.8. The molecular weight excluding hydrogens is 232 g/mol. The number of hydrogen-bond donors (Lipinski definition) is 2. The second-order valence-electron chi connectivity index (χ2n) is 4.67. The summed E-state index contributed by atoms with van der Waals surface area (Å²) in [5.41, 5.74) is 5.91. The third-order valence-corrected chi connectivity index (χ3v) is 3.40. The lowest BCUT2D eigenvalue weighted by Gasteiger charge is -2.46. The molecule has 0 aliphatic carbocycles. The number of anilines is 1. The van der Waals surface area contributed by atoms with Crippen molar-refractivity contribution in [1.29, 1.82) is 0 Å². The van der Waals surface area contributed by atoms with E-state index in [4.69, 9.17) is 10.5 Å². The highest BCUT2D eigenvalue weighted by Gasteiger charge is 2.42. The Morgan fingerprint density at radius 2 is 2.22 bits per heavy atom. The van der Waals surface area contributed by atoms with Crippen LogP contribution in [0, 0.1) is 0 Å². The number of carbonyl (C=O) groups is 1. The van der Waals surface area contributed by atoms with Crippen LogP contribution in [0.25, 0.3) is 0 Å². The molecule has 0 radical (unpaired) electrons. The highest BCUT2D eigenvalue weighted by Crippen LogP contribution is 2.31. The van der Waals surface area contributed by atoms with Crippen molar-refractivity contribution in [3.05, 3.63) is 23.8 Å². The van der Waals surface area contributed by atoms with Crippen molar-refractivity contribution in [3.63, 3.8) is 0 Å². The van der Waals surface area contributed by atoms with E-state index in [0.29, 0.717) is 36.5 Å². The smallest absolute Gasteiger partial charge is 0.257 e. The maximum Gasteiger partial charge on any atom is 0.257 e. The maximum absolute atomic E-state index is 12.2. The molecule has 5 heteroatoms. The van der Waals surface area contributed by atoms with E-state index in [1.807, 2.05) is 6.92 Å². The average molecular weight is 250 g/mol. The van der Waals surface area contributed by atoms with Crippen molar-refractivity contribution in [1.82, 2.24) is 4.90 Å². The van der Waals surface area contributed by atoms with E-state index in [9.17, 15) is 9.90 Å². The number of β-amino-alcohol motifs (C(OH)–C–C–N with tert-alkyl or cyclic N) is 1. The molecule has 0 spiro atoms. The lowest BCUT2D eigenvalue weighted by molar-refractivity contribution is -0.0827. The van der Waals surface area contributed by atoms with Gasteiger partial charge in [0.05, 0.1) is 37.1 Å². The summed E-state index contributed by atoms with van der Waals surface area (Å²) in [6.45, 7) is 2.63. The zero-order valence-electron chi connectivity index (χ0n) is 10.6. The van der Waals surface area contributed by atoms with Crippen LogP contribution in [-0.2, 0) is 0 Å². The Morgan fingerprint density at radius 3 is 2.78 bits per heavy atom. The van der Waals surface area contributed by atoms with Gasteiger partial charge in [0.1, 0.15) is 0 Å². The molecule has 0 unspecified atom stereocenters. The van der Waals surface area contributed by atoms with Crippen LogP contribution < -0.4 is 10.5 Å². The van der Waals surface area contributed by atoms with Crippen molar-refractivity contribution in [2.75, 3.05) is 25.9 Å². The second kappa shape index (κ2) is 4.49. The highest BCUT2D eigenvalue weighted by molar-refractivity contribution is 5.99. The molecule has 1 aromatic rings. The van der Waals surface area contributed by atoms with Gasteiger partial charge in [0, 0.05) is 0 Å². The minimum Gasteiger partial charge on any atom is -0.494 e. The van der Waals surface area contributed by atoms with Crippen LogP contribution in [0.3, 0.4) is 0 Å². The number of carbonyl (C=O) groups excluding carboxylic acids is 1. The minimum absolute atomic E-state index is 0.155. The van der Waals surface area contributed by atoms with Gasteiger partial charge in [-0.25, -0.2) is 0 Å². The summed E-state index contributed by atoms with van der Waals surface area (Å²) in [6, 6.07) is 5.09. The number of benzene rings is 1. The van der Waals surface area contributed by atoms with Crippen LogP contribution in [0.5, 0.6) is 5.75 Å². The Labute approximate surface area is 106 Å². The number of para-hydroxylation sites is 1. The molecular formula is C13H18N2O3. The zero-order valence-corrected chi connectivity index (χ0v) is 10.6. The largest absolute Gasteiger partial charge is 0.494 e. The molecule has 18 heavy (non-hydrogen) atoms. The SMILES string of the molecule is CCC1(O)CN(C(=O)c2cccc(N)c2OC)C1. The number of ether oxygens (including phenoxy) is 1. The summed E-state index contributed by atoms with van der Waals surface area (Å²) in [6.07, 6.45) is 0.644. The Kier molecular flexibility index (Phi) is 3.17. The van der Waals surface area contributed by atoms with E-state index in [2.05, 4.69) is 0 Å². The number of aliphatic hydroxyl groups is 1. The summed E-state index contributed by atoms with van der Waals surface area (Å²) in [7, 11) is 1.49. The predicted molar refractivity (Wildman–Crippen MR) is 68.6 cm³/mol. The van der Waals surface area contributed by atoms with Crippen molar-refractivity contribution >= 4 is 11.6 Å². The number of hydrogen-bond acceptors (Lipinski definition) is 4. The molecule has 2 rings (SSSR count). The minimum atomic E-state index is -0.733. The lowest BCUT2D eigenvalue weighted by Crippen LogP contribution is -2.63. The molecule has 98 valence electrons. The summed E-state index contributed by atoms with van der Waals surface area (Å²) >= 11 is 0. The molecule has 0 bridgehead atoms. The zero-order chi connectivity index (χ0) is 13.3. The van der Waals surface area contributed by atoms with E-state index in [-0.39, 0.29) is 5.91 Å². The fourth-order valence-electron chi connectivity index (χ4n) is 2.15. The van der Waals surface area contributed by atoms with Gasteiger partial charge in [-0.15, -0.1) is 0 Å². The Bertz CT molecular complexity index is 467. The maximum atomic E-state index is 12.2. The fraction of sp³-hybridized carbons (Fsp3) is 0.462. The molecule has 1 fully saturated rings. The van der Waals surface area contributed by atoms with Gasteiger partial charge in [-0.1, -0.05) is 13.0 Å². The summed E-state index contributed by atoms with van der Waals surface area (Å²) in [5.74, 6) is 0.242. The fourth-order valence-corrected chi connectivity index (χ4v) is 2.15. The van der Waals surface area contributed by atoms with Gasteiger partial charge >= 0.3 is 0 Å². The van der Waals surface area contributed by atoms with Crippen LogP contribution in [-0.4, -0.2) is 41.7 Å². The first-order valence-corrected chi connectivity index (χ1v) is 5.95. The van der Waals surface area contributed by atoms with Crippen molar-refractivity contribution in [3.8, 4) is 5.75 Å². The lowest BCUT2D eigenvalue weighted by atomic mass is 9.90. The van der Waals surface area contributed by atoms with E-state index >= 15 is 0 Å². The number of nitrogens with zero attached hydrogens (tertiary/aromatic N) is 1. The summed E-state index contributed by atoms with van der Waals surface area (Å²) < 4.78 is 5.16. The monoisotopic (exact) mass is 250 g/mol. The highest BCUT2D eigenvalue weighted by atomic mass is 16.5. The van der Waals surface area contributed by atoms with Gasteiger partial charge in [-0.05, 0) is 18.6 Å². The molecule has 1 amide bonds.